The Morgan fingerprint density at radius 3 is 3.08 bits per heavy atom. The van der Waals surface area contributed by atoms with Crippen molar-refractivity contribution in [3.63, 3.8) is 0 Å². The summed E-state index contributed by atoms with van der Waals surface area (Å²) in [7, 11) is 0. The Hall–Kier alpha value is -2.33. The van der Waals surface area contributed by atoms with Crippen molar-refractivity contribution in [2.45, 2.75) is 33.2 Å². The molecule has 126 valence electrons. The van der Waals surface area contributed by atoms with Gasteiger partial charge in [0.25, 0.3) is 0 Å². The van der Waals surface area contributed by atoms with Crippen LogP contribution in [0.4, 0.5) is 0 Å². The first kappa shape index (κ1) is 16.5. The summed E-state index contributed by atoms with van der Waals surface area (Å²) in [5, 5.41) is 3.39. The monoisotopic (exact) mass is 324 g/mol. The van der Waals surface area contributed by atoms with E-state index in [0.717, 1.165) is 37.2 Å². The first-order chi connectivity index (χ1) is 11.7. The summed E-state index contributed by atoms with van der Waals surface area (Å²) in [6, 6.07) is 8.46. The highest BCUT2D eigenvalue weighted by Gasteiger charge is 2.12. The number of benzene rings is 1. The summed E-state index contributed by atoms with van der Waals surface area (Å²) in [5.74, 6) is 0.357. The smallest absolute Gasteiger partial charge is 0.413 e. The van der Waals surface area contributed by atoms with Crippen LogP contribution < -0.4 is 11.1 Å². The number of nitrogens with one attached hydrogen (secondary N) is 1. The molecule has 1 aromatic heterocycles. The minimum atomic E-state index is -0.302. The zero-order valence-corrected chi connectivity index (χ0v) is 14.3. The largest absolute Gasteiger partial charge is 0.419 e. The van der Waals surface area contributed by atoms with E-state index in [-0.39, 0.29) is 5.76 Å². The Morgan fingerprint density at radius 1 is 1.38 bits per heavy atom. The quantitative estimate of drug-likeness (QED) is 0.935. The molecule has 4 nitrogen and oxygen atoms in total. The molecule has 3 rings (SSSR count). The number of oxazole rings is 1. The number of rotatable bonds is 4. The van der Waals surface area contributed by atoms with E-state index in [9.17, 15) is 4.79 Å². The highest BCUT2D eigenvalue weighted by molar-refractivity contribution is 5.66. The maximum atomic E-state index is 12.1. The number of hydrogen-bond acceptors (Lipinski definition) is 3. The first-order valence-corrected chi connectivity index (χ1v) is 8.51. The van der Waals surface area contributed by atoms with Crippen molar-refractivity contribution >= 4 is 11.6 Å². The second-order valence-corrected chi connectivity index (χ2v) is 6.13. The second kappa shape index (κ2) is 7.49. The molecular weight excluding hydrogens is 300 g/mol. The first-order valence-electron chi connectivity index (χ1n) is 8.51. The molecule has 0 aliphatic carbocycles. The molecule has 1 aliphatic heterocycles. The SMILES string of the molecule is CC=Cc1c(C)oc(=O)n1Cc1cccc(C2=CCNCCC2)c1. The lowest BCUT2D eigenvalue weighted by atomic mass is 9.99. The molecular formula is C20H24N2O2. The third-order valence-electron chi connectivity index (χ3n) is 4.37. The lowest BCUT2D eigenvalue weighted by Crippen LogP contribution is -2.16. The summed E-state index contributed by atoms with van der Waals surface area (Å²) in [4.78, 5) is 12.1. The Bertz CT molecular complexity index is 824. The fourth-order valence-electron chi connectivity index (χ4n) is 3.16. The van der Waals surface area contributed by atoms with Crippen molar-refractivity contribution in [3.05, 3.63) is 69.5 Å². The molecule has 0 amide bonds. The van der Waals surface area contributed by atoms with Gasteiger partial charge in [0, 0.05) is 6.54 Å². The zero-order chi connectivity index (χ0) is 16.9. The van der Waals surface area contributed by atoms with Crippen LogP contribution in [0, 0.1) is 6.92 Å². The third kappa shape index (κ3) is 3.60. The minimum Gasteiger partial charge on any atom is -0.413 e. The van der Waals surface area contributed by atoms with E-state index in [0.29, 0.717) is 12.3 Å². The predicted octanol–water partition coefficient (Wildman–Crippen LogP) is 3.60. The minimum absolute atomic E-state index is 0.302. The molecule has 1 N–H and O–H groups in total. The molecule has 0 bridgehead atoms. The van der Waals surface area contributed by atoms with Crippen LogP contribution in [0.1, 0.15) is 42.3 Å². The molecule has 2 aromatic rings. The summed E-state index contributed by atoms with van der Waals surface area (Å²) in [6.07, 6.45) is 8.36. The van der Waals surface area contributed by atoms with Crippen molar-refractivity contribution in [1.29, 1.82) is 0 Å². The highest BCUT2D eigenvalue weighted by atomic mass is 16.4. The maximum Gasteiger partial charge on any atom is 0.419 e. The number of aromatic nitrogens is 1. The van der Waals surface area contributed by atoms with Crippen LogP contribution >= 0.6 is 0 Å². The molecule has 0 saturated carbocycles. The second-order valence-electron chi connectivity index (χ2n) is 6.13. The topological polar surface area (TPSA) is 47.2 Å². The average Bonchev–Trinajstić information content (AvgIpc) is 2.79. The number of nitrogens with zero attached hydrogens (tertiary/aromatic N) is 1. The van der Waals surface area contributed by atoms with Gasteiger partial charge in [0.1, 0.15) is 5.76 Å². The van der Waals surface area contributed by atoms with Crippen LogP contribution in [0.5, 0.6) is 0 Å². The van der Waals surface area contributed by atoms with Crippen LogP contribution in [-0.4, -0.2) is 17.7 Å². The number of aryl methyl sites for hydroxylation is 1. The number of hydrogen-bond donors (Lipinski definition) is 1. The molecule has 0 fully saturated rings. The highest BCUT2D eigenvalue weighted by Crippen LogP contribution is 2.22. The van der Waals surface area contributed by atoms with E-state index in [4.69, 9.17) is 4.42 Å². The standard InChI is InChI=1S/C20H24N2O2/c1-3-6-19-15(2)24-20(23)22(19)14-16-7-4-8-18(13-16)17-9-5-11-21-12-10-17/h3-4,6-8,10,13,21H,5,9,11-12,14H2,1-2H3. The van der Waals surface area contributed by atoms with E-state index in [2.05, 4.69) is 35.7 Å². The summed E-state index contributed by atoms with van der Waals surface area (Å²) in [6.45, 7) is 6.28. The molecule has 2 heterocycles. The van der Waals surface area contributed by atoms with Crippen LogP contribution in [0.3, 0.4) is 0 Å². The molecule has 24 heavy (non-hydrogen) atoms. The molecule has 0 radical (unpaired) electrons. The van der Waals surface area contributed by atoms with Crippen molar-refractivity contribution in [3.8, 4) is 0 Å². The molecule has 1 aromatic carbocycles. The van der Waals surface area contributed by atoms with Gasteiger partial charge in [-0.05, 0) is 62.1 Å². The Morgan fingerprint density at radius 2 is 2.25 bits per heavy atom. The summed E-state index contributed by atoms with van der Waals surface area (Å²) in [5.41, 5.74) is 4.58. The van der Waals surface area contributed by atoms with Gasteiger partial charge in [0.15, 0.2) is 0 Å². The van der Waals surface area contributed by atoms with E-state index in [1.54, 1.807) is 4.57 Å². The summed E-state index contributed by atoms with van der Waals surface area (Å²) >= 11 is 0. The fraction of sp³-hybridized carbons (Fsp3) is 0.350. The average molecular weight is 324 g/mol. The van der Waals surface area contributed by atoms with Gasteiger partial charge >= 0.3 is 5.76 Å². The lowest BCUT2D eigenvalue weighted by Gasteiger charge is -2.09. The lowest BCUT2D eigenvalue weighted by molar-refractivity contribution is 0.466. The summed E-state index contributed by atoms with van der Waals surface area (Å²) < 4.78 is 6.96. The Kier molecular flexibility index (Phi) is 5.16. The van der Waals surface area contributed by atoms with Gasteiger partial charge in [0.05, 0.1) is 12.2 Å². The van der Waals surface area contributed by atoms with Crippen molar-refractivity contribution < 1.29 is 4.42 Å². The van der Waals surface area contributed by atoms with E-state index in [1.165, 1.54) is 11.1 Å². The van der Waals surface area contributed by atoms with Gasteiger partial charge in [-0.1, -0.05) is 30.4 Å². The van der Waals surface area contributed by atoms with Crippen LogP contribution in [0.25, 0.3) is 11.6 Å². The van der Waals surface area contributed by atoms with Crippen molar-refractivity contribution in [2.24, 2.45) is 0 Å². The van der Waals surface area contributed by atoms with E-state index in [1.807, 2.05) is 26.0 Å². The van der Waals surface area contributed by atoms with Crippen LogP contribution in [-0.2, 0) is 6.54 Å². The fourth-order valence-corrected chi connectivity index (χ4v) is 3.16. The van der Waals surface area contributed by atoms with Gasteiger partial charge in [-0.2, -0.15) is 0 Å². The Balaban J connectivity index is 1.91. The maximum absolute atomic E-state index is 12.1. The zero-order valence-electron chi connectivity index (χ0n) is 14.3. The van der Waals surface area contributed by atoms with Crippen LogP contribution in [0.15, 0.2) is 45.6 Å². The number of allylic oxidation sites excluding steroid dienone is 2. The van der Waals surface area contributed by atoms with Gasteiger partial charge in [-0.15, -0.1) is 0 Å². The van der Waals surface area contributed by atoms with E-state index >= 15 is 0 Å². The van der Waals surface area contributed by atoms with Crippen LogP contribution in [0.2, 0.25) is 0 Å². The molecule has 0 atom stereocenters. The van der Waals surface area contributed by atoms with Gasteiger partial charge in [0.2, 0.25) is 0 Å². The van der Waals surface area contributed by atoms with Gasteiger partial charge in [-0.25, -0.2) is 4.79 Å². The Labute approximate surface area is 142 Å². The van der Waals surface area contributed by atoms with Crippen molar-refractivity contribution in [2.75, 3.05) is 13.1 Å². The molecule has 0 saturated heterocycles. The third-order valence-corrected chi connectivity index (χ3v) is 4.37. The normalized spacial score (nSPS) is 15.5. The van der Waals surface area contributed by atoms with Crippen molar-refractivity contribution in [1.82, 2.24) is 9.88 Å². The molecule has 0 unspecified atom stereocenters. The van der Waals surface area contributed by atoms with Gasteiger partial charge < -0.3 is 9.73 Å². The molecule has 0 spiro atoms. The predicted molar refractivity (Wildman–Crippen MR) is 98.0 cm³/mol. The molecule has 4 heteroatoms. The van der Waals surface area contributed by atoms with Gasteiger partial charge in [-0.3, -0.25) is 4.57 Å². The van der Waals surface area contributed by atoms with E-state index < -0.39 is 0 Å². The molecule has 1 aliphatic rings.